The van der Waals surface area contributed by atoms with Crippen LogP contribution in [0.2, 0.25) is 0 Å². The molecule has 0 aliphatic heterocycles. The zero-order chi connectivity index (χ0) is 20.5. The predicted octanol–water partition coefficient (Wildman–Crippen LogP) is 2.88. The number of aryl methyl sites for hydroxylation is 1. The number of amides is 1. The molecule has 0 spiro atoms. The number of hydrogen-bond acceptors (Lipinski definition) is 3. The number of nitrogens with one attached hydrogen (secondary N) is 2. The van der Waals surface area contributed by atoms with E-state index < -0.39 is 0 Å². The third-order valence-corrected chi connectivity index (χ3v) is 4.43. The normalized spacial score (nSPS) is 11.2. The number of guanidine groups is 1. The molecular formula is C21H33IN6O. The Bertz CT molecular complexity index is 788. The van der Waals surface area contributed by atoms with Crippen molar-refractivity contribution in [3.63, 3.8) is 0 Å². The molecule has 1 aromatic heterocycles. The SMILES string of the molecule is CN=C(NCCC(=O)NCc1ccccc1)N(C)Cc1cn(C)nc1C(C)C.I. The van der Waals surface area contributed by atoms with Gasteiger partial charge in [0, 0.05) is 59.0 Å². The maximum absolute atomic E-state index is 12.1. The first-order valence-corrected chi connectivity index (χ1v) is 9.65. The standard InChI is InChI=1S/C21H32N6O.HI/c1-16(2)20-18(15-27(5)25-20)14-26(4)21(22-3)23-12-11-19(28)24-13-17-9-7-6-8-10-17;/h6-10,15-16H,11-14H2,1-5H3,(H,22,23)(H,24,28);1H. The summed E-state index contributed by atoms with van der Waals surface area (Å²) in [6.07, 6.45) is 2.44. The van der Waals surface area contributed by atoms with Crippen molar-refractivity contribution in [2.45, 2.75) is 39.3 Å². The van der Waals surface area contributed by atoms with E-state index in [9.17, 15) is 4.79 Å². The van der Waals surface area contributed by atoms with E-state index >= 15 is 0 Å². The highest BCUT2D eigenvalue weighted by molar-refractivity contribution is 14.0. The van der Waals surface area contributed by atoms with Crippen LogP contribution >= 0.6 is 24.0 Å². The van der Waals surface area contributed by atoms with E-state index in [2.05, 4.69) is 40.8 Å². The van der Waals surface area contributed by atoms with Crippen LogP contribution in [0.3, 0.4) is 0 Å². The van der Waals surface area contributed by atoms with Gasteiger partial charge < -0.3 is 15.5 Å². The summed E-state index contributed by atoms with van der Waals surface area (Å²) < 4.78 is 1.85. The number of aromatic nitrogens is 2. The fraction of sp³-hybridized carbons (Fsp3) is 0.476. The van der Waals surface area contributed by atoms with Crippen LogP contribution in [0.4, 0.5) is 0 Å². The first kappa shape index (κ1) is 24.9. The summed E-state index contributed by atoms with van der Waals surface area (Å²) in [6, 6.07) is 9.90. The van der Waals surface area contributed by atoms with Crippen LogP contribution in [0.5, 0.6) is 0 Å². The van der Waals surface area contributed by atoms with E-state index in [0.717, 1.165) is 17.2 Å². The van der Waals surface area contributed by atoms with Crippen molar-refractivity contribution in [1.29, 1.82) is 0 Å². The highest BCUT2D eigenvalue weighted by Crippen LogP contribution is 2.18. The number of hydrogen-bond donors (Lipinski definition) is 2. The molecule has 160 valence electrons. The van der Waals surface area contributed by atoms with E-state index in [4.69, 9.17) is 0 Å². The van der Waals surface area contributed by atoms with Gasteiger partial charge in [-0.1, -0.05) is 44.2 Å². The Hall–Kier alpha value is -2.10. The van der Waals surface area contributed by atoms with E-state index in [1.807, 2.05) is 54.0 Å². The molecule has 0 aliphatic carbocycles. The minimum Gasteiger partial charge on any atom is -0.356 e. The number of rotatable bonds is 8. The van der Waals surface area contributed by atoms with Gasteiger partial charge in [-0.25, -0.2) is 0 Å². The van der Waals surface area contributed by atoms with Crippen LogP contribution in [0, 0.1) is 0 Å². The minimum atomic E-state index is 0. The second-order valence-corrected chi connectivity index (χ2v) is 7.21. The van der Waals surface area contributed by atoms with Crippen molar-refractivity contribution in [2.24, 2.45) is 12.0 Å². The molecule has 0 saturated heterocycles. The number of halogens is 1. The van der Waals surface area contributed by atoms with Gasteiger partial charge in [-0.3, -0.25) is 14.5 Å². The molecule has 0 saturated carbocycles. The molecule has 1 aromatic carbocycles. The molecule has 0 aliphatic rings. The first-order valence-electron chi connectivity index (χ1n) is 9.65. The molecule has 0 bridgehead atoms. The molecule has 0 unspecified atom stereocenters. The molecule has 0 radical (unpaired) electrons. The zero-order valence-electron chi connectivity index (χ0n) is 18.0. The van der Waals surface area contributed by atoms with Gasteiger partial charge in [0.15, 0.2) is 5.96 Å². The van der Waals surface area contributed by atoms with Crippen molar-refractivity contribution in [1.82, 2.24) is 25.3 Å². The maximum Gasteiger partial charge on any atom is 0.222 e. The van der Waals surface area contributed by atoms with Gasteiger partial charge in [0.05, 0.1) is 5.69 Å². The maximum atomic E-state index is 12.1. The van der Waals surface area contributed by atoms with Crippen LogP contribution in [0.1, 0.15) is 43.0 Å². The molecule has 1 heterocycles. The lowest BCUT2D eigenvalue weighted by Gasteiger charge is -2.22. The third kappa shape index (κ3) is 8.04. The average Bonchev–Trinajstić information content (AvgIpc) is 3.04. The van der Waals surface area contributed by atoms with E-state index in [1.54, 1.807) is 7.05 Å². The van der Waals surface area contributed by atoms with Gasteiger partial charge in [0.25, 0.3) is 0 Å². The summed E-state index contributed by atoms with van der Waals surface area (Å²) >= 11 is 0. The van der Waals surface area contributed by atoms with E-state index in [1.165, 1.54) is 5.56 Å². The van der Waals surface area contributed by atoms with Crippen LogP contribution in [-0.2, 0) is 24.9 Å². The number of carbonyl (C=O) groups excluding carboxylic acids is 1. The monoisotopic (exact) mass is 512 g/mol. The second kappa shape index (κ2) is 12.5. The van der Waals surface area contributed by atoms with Crippen molar-refractivity contribution >= 4 is 35.8 Å². The lowest BCUT2D eigenvalue weighted by atomic mass is 10.1. The molecule has 29 heavy (non-hydrogen) atoms. The van der Waals surface area contributed by atoms with Crippen molar-refractivity contribution in [2.75, 3.05) is 20.6 Å². The van der Waals surface area contributed by atoms with Gasteiger partial charge in [-0.15, -0.1) is 24.0 Å². The predicted molar refractivity (Wildman–Crippen MR) is 128 cm³/mol. The third-order valence-electron chi connectivity index (χ3n) is 4.43. The molecule has 8 heteroatoms. The highest BCUT2D eigenvalue weighted by Gasteiger charge is 2.15. The summed E-state index contributed by atoms with van der Waals surface area (Å²) in [5.74, 6) is 1.14. The molecule has 0 atom stereocenters. The lowest BCUT2D eigenvalue weighted by molar-refractivity contribution is -0.121. The molecule has 2 N–H and O–H groups in total. The molecular weight excluding hydrogens is 479 g/mol. The highest BCUT2D eigenvalue weighted by atomic mass is 127. The minimum absolute atomic E-state index is 0. The van der Waals surface area contributed by atoms with Crippen LogP contribution < -0.4 is 10.6 Å². The fourth-order valence-electron chi connectivity index (χ4n) is 3.05. The number of nitrogens with zero attached hydrogens (tertiary/aromatic N) is 4. The molecule has 7 nitrogen and oxygen atoms in total. The molecule has 2 rings (SSSR count). The van der Waals surface area contributed by atoms with Gasteiger partial charge in [-0.2, -0.15) is 5.10 Å². The quantitative estimate of drug-likeness (QED) is 0.324. The van der Waals surface area contributed by atoms with Crippen molar-refractivity contribution in [3.05, 3.63) is 53.3 Å². The average molecular weight is 512 g/mol. The Balaban J connectivity index is 0.00000420. The summed E-state index contributed by atoms with van der Waals surface area (Å²) in [5, 5.41) is 10.8. The molecule has 2 aromatic rings. The fourth-order valence-corrected chi connectivity index (χ4v) is 3.05. The Morgan fingerprint density at radius 2 is 1.93 bits per heavy atom. The van der Waals surface area contributed by atoms with Crippen molar-refractivity contribution in [3.8, 4) is 0 Å². The smallest absolute Gasteiger partial charge is 0.222 e. The zero-order valence-corrected chi connectivity index (χ0v) is 20.3. The first-order chi connectivity index (χ1) is 13.4. The summed E-state index contributed by atoms with van der Waals surface area (Å²) in [7, 11) is 5.68. The van der Waals surface area contributed by atoms with Crippen LogP contribution in [0.25, 0.3) is 0 Å². The topological polar surface area (TPSA) is 74.6 Å². The van der Waals surface area contributed by atoms with E-state index in [-0.39, 0.29) is 29.9 Å². The Morgan fingerprint density at radius 1 is 1.24 bits per heavy atom. The largest absolute Gasteiger partial charge is 0.356 e. The van der Waals surface area contributed by atoms with E-state index in [0.29, 0.717) is 32.0 Å². The molecule has 1 amide bonds. The summed E-state index contributed by atoms with van der Waals surface area (Å²) in [5.41, 5.74) is 3.38. The number of aliphatic imine (C=N–C) groups is 1. The van der Waals surface area contributed by atoms with Gasteiger partial charge >= 0.3 is 0 Å². The second-order valence-electron chi connectivity index (χ2n) is 7.21. The van der Waals surface area contributed by atoms with Crippen molar-refractivity contribution < 1.29 is 4.79 Å². The Labute approximate surface area is 191 Å². The van der Waals surface area contributed by atoms with Crippen LogP contribution in [0.15, 0.2) is 41.5 Å². The summed E-state index contributed by atoms with van der Waals surface area (Å²) in [6.45, 7) is 6.08. The molecule has 0 fully saturated rings. The Kier molecular flexibility index (Phi) is 10.7. The van der Waals surface area contributed by atoms with Gasteiger partial charge in [-0.05, 0) is 11.5 Å². The summed E-state index contributed by atoms with van der Waals surface area (Å²) in [4.78, 5) is 18.4. The Morgan fingerprint density at radius 3 is 2.55 bits per heavy atom. The van der Waals surface area contributed by atoms with Gasteiger partial charge in [0.1, 0.15) is 0 Å². The number of carbonyl (C=O) groups is 1. The number of benzene rings is 1. The van der Waals surface area contributed by atoms with Gasteiger partial charge in [0.2, 0.25) is 5.91 Å². The lowest BCUT2D eigenvalue weighted by Crippen LogP contribution is -2.40. The van der Waals surface area contributed by atoms with Crippen LogP contribution in [-0.4, -0.2) is 47.2 Å².